The lowest BCUT2D eigenvalue weighted by Gasteiger charge is -2.14. The summed E-state index contributed by atoms with van der Waals surface area (Å²) in [4.78, 5) is 11.2. The van der Waals surface area contributed by atoms with Gasteiger partial charge in [0.2, 0.25) is 5.91 Å². The molecule has 1 heterocycles. The molecule has 0 spiro atoms. The van der Waals surface area contributed by atoms with Crippen molar-refractivity contribution in [2.24, 2.45) is 0 Å². The summed E-state index contributed by atoms with van der Waals surface area (Å²) in [5.41, 5.74) is 1.86. The fourth-order valence-corrected chi connectivity index (χ4v) is 2.00. The predicted octanol–water partition coefficient (Wildman–Crippen LogP) is 1.86. The van der Waals surface area contributed by atoms with Crippen LogP contribution in [0.2, 0.25) is 0 Å². The van der Waals surface area contributed by atoms with E-state index in [-0.39, 0.29) is 5.91 Å². The Labute approximate surface area is 92.5 Å². The van der Waals surface area contributed by atoms with Crippen molar-refractivity contribution in [3.05, 3.63) is 35.2 Å². The molecule has 1 aliphatic rings. The first-order chi connectivity index (χ1) is 7.29. The molecule has 0 atom stereocenters. The lowest BCUT2D eigenvalue weighted by Crippen LogP contribution is -2.26. The zero-order valence-corrected chi connectivity index (χ0v) is 9.14. The SMILES string of the molecule is COc1ccc(C2=CSCC(=O)N2)cc1. The Hall–Kier alpha value is -1.42. The Kier molecular flexibility index (Phi) is 2.97. The summed E-state index contributed by atoms with van der Waals surface area (Å²) < 4.78 is 5.07. The number of amides is 1. The van der Waals surface area contributed by atoms with Gasteiger partial charge in [0.05, 0.1) is 18.6 Å². The highest BCUT2D eigenvalue weighted by Crippen LogP contribution is 2.22. The molecule has 0 bridgehead atoms. The molecule has 1 aromatic rings. The van der Waals surface area contributed by atoms with Crippen molar-refractivity contribution in [1.29, 1.82) is 0 Å². The van der Waals surface area contributed by atoms with Crippen LogP contribution in [0.3, 0.4) is 0 Å². The van der Waals surface area contributed by atoms with E-state index in [9.17, 15) is 4.79 Å². The lowest BCUT2D eigenvalue weighted by molar-refractivity contribution is -0.117. The van der Waals surface area contributed by atoms with Crippen LogP contribution in [-0.2, 0) is 4.79 Å². The monoisotopic (exact) mass is 221 g/mol. The minimum Gasteiger partial charge on any atom is -0.497 e. The van der Waals surface area contributed by atoms with E-state index in [1.54, 1.807) is 7.11 Å². The standard InChI is InChI=1S/C11H11NO2S/c1-14-9-4-2-8(3-5-9)10-6-15-7-11(13)12-10/h2-6H,7H2,1H3,(H,12,13). The Morgan fingerprint density at radius 2 is 2.07 bits per heavy atom. The molecule has 0 unspecified atom stereocenters. The normalized spacial score (nSPS) is 15.5. The van der Waals surface area contributed by atoms with Crippen molar-refractivity contribution in [3.8, 4) is 5.75 Å². The summed E-state index contributed by atoms with van der Waals surface area (Å²) >= 11 is 1.51. The second-order valence-corrected chi connectivity index (χ2v) is 3.98. The lowest BCUT2D eigenvalue weighted by atomic mass is 10.1. The molecule has 0 aromatic heterocycles. The van der Waals surface area contributed by atoms with Gasteiger partial charge in [-0.3, -0.25) is 4.79 Å². The van der Waals surface area contributed by atoms with Gasteiger partial charge in [0.1, 0.15) is 5.75 Å². The average Bonchev–Trinajstić information content (AvgIpc) is 2.29. The van der Waals surface area contributed by atoms with Crippen molar-refractivity contribution in [1.82, 2.24) is 5.32 Å². The molecule has 0 saturated heterocycles. The number of nitrogens with one attached hydrogen (secondary N) is 1. The van der Waals surface area contributed by atoms with Crippen LogP contribution < -0.4 is 10.1 Å². The number of hydrogen-bond acceptors (Lipinski definition) is 3. The van der Waals surface area contributed by atoms with Crippen molar-refractivity contribution < 1.29 is 9.53 Å². The maximum absolute atomic E-state index is 11.2. The summed E-state index contributed by atoms with van der Waals surface area (Å²) in [6.45, 7) is 0. The largest absolute Gasteiger partial charge is 0.497 e. The number of rotatable bonds is 2. The van der Waals surface area contributed by atoms with E-state index in [1.807, 2.05) is 29.7 Å². The van der Waals surface area contributed by atoms with Crippen molar-refractivity contribution in [2.75, 3.05) is 12.9 Å². The van der Waals surface area contributed by atoms with Gasteiger partial charge in [0.15, 0.2) is 0 Å². The molecule has 0 saturated carbocycles. The summed E-state index contributed by atoms with van der Waals surface area (Å²) in [7, 11) is 1.63. The minimum atomic E-state index is 0.0494. The molecule has 1 aliphatic heterocycles. The molecule has 0 radical (unpaired) electrons. The smallest absolute Gasteiger partial charge is 0.234 e. The topological polar surface area (TPSA) is 38.3 Å². The molecular formula is C11H11NO2S. The van der Waals surface area contributed by atoms with Crippen molar-refractivity contribution >= 4 is 23.4 Å². The fraction of sp³-hybridized carbons (Fsp3) is 0.182. The molecule has 15 heavy (non-hydrogen) atoms. The van der Waals surface area contributed by atoms with E-state index in [2.05, 4.69) is 5.32 Å². The molecule has 1 N–H and O–H groups in total. The van der Waals surface area contributed by atoms with Gasteiger partial charge in [-0.1, -0.05) is 0 Å². The first-order valence-electron chi connectivity index (χ1n) is 4.55. The van der Waals surface area contributed by atoms with Gasteiger partial charge in [-0.2, -0.15) is 0 Å². The summed E-state index contributed by atoms with van der Waals surface area (Å²) in [6.07, 6.45) is 0. The highest BCUT2D eigenvalue weighted by molar-refractivity contribution is 8.03. The number of hydrogen-bond donors (Lipinski definition) is 1. The van der Waals surface area contributed by atoms with Crippen LogP contribution in [-0.4, -0.2) is 18.8 Å². The van der Waals surface area contributed by atoms with Crippen molar-refractivity contribution in [3.63, 3.8) is 0 Å². The minimum absolute atomic E-state index is 0.0494. The van der Waals surface area contributed by atoms with E-state index < -0.39 is 0 Å². The first kappa shape index (κ1) is 10.1. The second-order valence-electron chi connectivity index (χ2n) is 3.12. The first-order valence-corrected chi connectivity index (χ1v) is 5.60. The maximum Gasteiger partial charge on any atom is 0.234 e. The molecule has 1 amide bonds. The summed E-state index contributed by atoms with van der Waals surface area (Å²) in [5, 5.41) is 4.79. The van der Waals surface area contributed by atoms with Crippen LogP contribution in [0.1, 0.15) is 5.56 Å². The Balaban J connectivity index is 2.22. The molecule has 0 aliphatic carbocycles. The molecule has 1 aromatic carbocycles. The number of thioether (sulfide) groups is 1. The van der Waals surface area contributed by atoms with E-state index in [0.29, 0.717) is 5.75 Å². The van der Waals surface area contributed by atoms with Crippen LogP contribution in [0.25, 0.3) is 5.70 Å². The van der Waals surface area contributed by atoms with E-state index >= 15 is 0 Å². The Morgan fingerprint density at radius 1 is 1.33 bits per heavy atom. The van der Waals surface area contributed by atoms with Gasteiger partial charge in [0.25, 0.3) is 0 Å². The van der Waals surface area contributed by atoms with Gasteiger partial charge in [-0.05, 0) is 35.2 Å². The number of benzene rings is 1. The molecule has 4 heteroatoms. The highest BCUT2D eigenvalue weighted by atomic mass is 32.2. The van der Waals surface area contributed by atoms with Crippen LogP contribution in [0.4, 0.5) is 0 Å². The van der Waals surface area contributed by atoms with Gasteiger partial charge < -0.3 is 10.1 Å². The third-order valence-electron chi connectivity index (χ3n) is 2.09. The van der Waals surface area contributed by atoms with Crippen LogP contribution >= 0.6 is 11.8 Å². The molecule has 78 valence electrons. The van der Waals surface area contributed by atoms with Crippen LogP contribution in [0, 0.1) is 0 Å². The zero-order valence-electron chi connectivity index (χ0n) is 8.32. The summed E-state index contributed by atoms with van der Waals surface area (Å²) in [6, 6.07) is 7.61. The third-order valence-corrected chi connectivity index (χ3v) is 2.92. The van der Waals surface area contributed by atoms with Crippen LogP contribution in [0.15, 0.2) is 29.7 Å². The highest BCUT2D eigenvalue weighted by Gasteiger charge is 2.11. The van der Waals surface area contributed by atoms with Gasteiger partial charge in [-0.15, -0.1) is 11.8 Å². The fourth-order valence-electron chi connectivity index (χ4n) is 1.33. The van der Waals surface area contributed by atoms with E-state index in [0.717, 1.165) is 17.0 Å². The predicted molar refractivity (Wildman–Crippen MR) is 61.6 cm³/mol. The average molecular weight is 221 g/mol. The van der Waals surface area contributed by atoms with E-state index in [1.165, 1.54) is 11.8 Å². The van der Waals surface area contributed by atoms with Crippen LogP contribution in [0.5, 0.6) is 5.75 Å². The molecule has 3 nitrogen and oxygen atoms in total. The van der Waals surface area contributed by atoms with Gasteiger partial charge >= 0.3 is 0 Å². The number of ether oxygens (including phenoxy) is 1. The van der Waals surface area contributed by atoms with Crippen molar-refractivity contribution in [2.45, 2.75) is 0 Å². The Morgan fingerprint density at radius 3 is 2.67 bits per heavy atom. The van der Waals surface area contributed by atoms with E-state index in [4.69, 9.17) is 4.74 Å². The summed E-state index contributed by atoms with van der Waals surface area (Å²) in [5.74, 6) is 1.36. The molecule has 0 fully saturated rings. The number of carbonyl (C=O) groups excluding carboxylic acids is 1. The van der Waals surface area contributed by atoms with Gasteiger partial charge in [-0.25, -0.2) is 0 Å². The number of carbonyl (C=O) groups is 1. The van der Waals surface area contributed by atoms with Gasteiger partial charge in [0, 0.05) is 0 Å². The Bertz CT molecular complexity index is 398. The second kappa shape index (κ2) is 4.40. The number of methoxy groups -OCH3 is 1. The molecule has 2 rings (SSSR count). The zero-order chi connectivity index (χ0) is 10.7. The third kappa shape index (κ3) is 2.33. The molecular weight excluding hydrogens is 210 g/mol. The quantitative estimate of drug-likeness (QED) is 0.828. The maximum atomic E-state index is 11.2.